The quantitative estimate of drug-likeness (QED) is 0.0195. The van der Waals surface area contributed by atoms with Gasteiger partial charge in [-0.15, -0.1) is 0 Å². The second kappa shape index (κ2) is 66.6. The summed E-state index contributed by atoms with van der Waals surface area (Å²) in [5.41, 5.74) is 0. The van der Waals surface area contributed by atoms with Gasteiger partial charge in [-0.3, -0.25) is 14.2 Å². The summed E-state index contributed by atoms with van der Waals surface area (Å²) in [6.07, 6.45) is 91.1. The second-order valence-corrected chi connectivity index (χ2v) is 27.0. The van der Waals surface area contributed by atoms with E-state index >= 15 is 0 Å². The highest BCUT2D eigenvalue weighted by atomic mass is 31.2. The van der Waals surface area contributed by atoms with Crippen LogP contribution in [0.1, 0.15) is 335 Å². The standard InChI is InChI=1S/C76H138NO8P/c1-6-8-10-12-14-16-18-20-22-24-26-28-30-31-32-33-34-35-36-37-38-39-40-41-42-43-44-45-47-49-51-53-55-57-59-61-63-65-67-69-76(79)85-74(73-84-86(80,81)83-71-70-77(3,4)5)72-82-75(78)68-66-64-62-60-58-56-54-52-50-48-46-29-27-25-23-21-19-17-15-13-11-9-7-2/h8,10,14,16,19-22,25-28,31-32,74H,6-7,9,11-13,15,17-18,23-24,29-30,33-73H2,1-5H3/b10-8-,16-14-,21-19-,22-20-,27-25-,28-26-,32-31-. The number of phosphoric ester groups is 1. The molecule has 0 aliphatic heterocycles. The first-order valence-electron chi connectivity index (χ1n) is 36.3. The highest BCUT2D eigenvalue weighted by molar-refractivity contribution is 7.45. The van der Waals surface area contributed by atoms with E-state index in [4.69, 9.17) is 18.5 Å². The van der Waals surface area contributed by atoms with Crippen LogP contribution in [0.3, 0.4) is 0 Å². The summed E-state index contributed by atoms with van der Waals surface area (Å²) in [6.45, 7) is 4.16. The van der Waals surface area contributed by atoms with Crippen LogP contribution in [-0.2, 0) is 32.7 Å². The summed E-state index contributed by atoms with van der Waals surface area (Å²) >= 11 is 0. The SMILES string of the molecule is CC/C=C\C/C=C\C/C=C\C/C=C\C/C=C\CCCCCCCCCCCCCCCCCCCCCCCCCC(=O)OC(COC(=O)CCCCCCCCCCCCC/C=C\C/C=C\CCCCCCC)COP(=O)([O-])OCC[N+](C)(C)C. The van der Waals surface area contributed by atoms with Crippen LogP contribution in [0, 0.1) is 0 Å². The molecule has 0 spiro atoms. The number of phosphoric acid groups is 1. The zero-order valence-electron chi connectivity index (χ0n) is 57.0. The summed E-state index contributed by atoms with van der Waals surface area (Å²) in [5.74, 6) is -0.822. The van der Waals surface area contributed by atoms with Crippen LogP contribution in [0.5, 0.6) is 0 Å². The van der Waals surface area contributed by atoms with Gasteiger partial charge in [0.2, 0.25) is 0 Å². The first-order chi connectivity index (χ1) is 42.0. The van der Waals surface area contributed by atoms with Crippen molar-refractivity contribution in [1.82, 2.24) is 0 Å². The van der Waals surface area contributed by atoms with Gasteiger partial charge in [0.25, 0.3) is 7.82 Å². The van der Waals surface area contributed by atoms with Crippen molar-refractivity contribution in [2.45, 2.75) is 341 Å². The van der Waals surface area contributed by atoms with Gasteiger partial charge in [0.1, 0.15) is 19.8 Å². The monoisotopic (exact) mass is 1220 g/mol. The molecule has 0 bridgehead atoms. The fraction of sp³-hybridized carbons (Fsp3) is 0.789. The molecule has 2 unspecified atom stereocenters. The Morgan fingerprint density at radius 3 is 0.988 bits per heavy atom. The summed E-state index contributed by atoms with van der Waals surface area (Å²) in [7, 11) is 1.18. The summed E-state index contributed by atoms with van der Waals surface area (Å²) in [5, 5.41) is 0. The van der Waals surface area contributed by atoms with Gasteiger partial charge >= 0.3 is 11.9 Å². The molecule has 9 nitrogen and oxygen atoms in total. The molecule has 86 heavy (non-hydrogen) atoms. The molecule has 0 aromatic rings. The fourth-order valence-electron chi connectivity index (χ4n) is 10.4. The summed E-state index contributed by atoms with van der Waals surface area (Å²) in [6, 6.07) is 0. The predicted molar refractivity (Wildman–Crippen MR) is 369 cm³/mol. The Bertz CT molecular complexity index is 1730. The Kier molecular flexibility index (Phi) is 64.4. The first-order valence-corrected chi connectivity index (χ1v) is 37.8. The van der Waals surface area contributed by atoms with E-state index in [1.807, 2.05) is 21.1 Å². The van der Waals surface area contributed by atoms with Crippen molar-refractivity contribution in [1.29, 1.82) is 0 Å². The molecule has 10 heteroatoms. The molecule has 0 aromatic carbocycles. The molecule has 0 saturated heterocycles. The van der Waals surface area contributed by atoms with Crippen LogP contribution in [0.4, 0.5) is 0 Å². The molecule has 2 atom stereocenters. The van der Waals surface area contributed by atoms with Gasteiger partial charge in [-0.2, -0.15) is 0 Å². The molecule has 0 saturated carbocycles. The van der Waals surface area contributed by atoms with E-state index in [1.165, 1.54) is 225 Å². The molecular weight excluding hydrogens is 1090 g/mol. The lowest BCUT2D eigenvalue weighted by atomic mass is 10.0. The van der Waals surface area contributed by atoms with Crippen LogP contribution in [-0.4, -0.2) is 70.0 Å². The Morgan fingerprint density at radius 1 is 0.372 bits per heavy atom. The van der Waals surface area contributed by atoms with Crippen molar-refractivity contribution in [3.8, 4) is 0 Å². The van der Waals surface area contributed by atoms with Crippen molar-refractivity contribution in [2.24, 2.45) is 0 Å². The van der Waals surface area contributed by atoms with E-state index in [-0.39, 0.29) is 32.0 Å². The van der Waals surface area contributed by atoms with Gasteiger partial charge in [-0.05, 0) is 89.9 Å². The van der Waals surface area contributed by atoms with E-state index in [9.17, 15) is 19.0 Å². The molecule has 500 valence electrons. The molecule has 0 aliphatic rings. The maximum Gasteiger partial charge on any atom is 0.306 e. The number of hydrogen-bond donors (Lipinski definition) is 0. The van der Waals surface area contributed by atoms with E-state index in [1.54, 1.807) is 0 Å². The fourth-order valence-corrected chi connectivity index (χ4v) is 11.1. The van der Waals surface area contributed by atoms with Gasteiger partial charge in [-0.25, -0.2) is 0 Å². The lowest BCUT2D eigenvalue weighted by Crippen LogP contribution is -2.37. The zero-order valence-corrected chi connectivity index (χ0v) is 57.9. The third-order valence-corrected chi connectivity index (χ3v) is 16.9. The number of rotatable bonds is 67. The van der Waals surface area contributed by atoms with Crippen LogP contribution in [0.15, 0.2) is 85.1 Å². The molecule has 0 aromatic heterocycles. The number of carbonyl (C=O) groups excluding carboxylic acids is 2. The van der Waals surface area contributed by atoms with Crippen molar-refractivity contribution in [3.63, 3.8) is 0 Å². The number of carbonyl (C=O) groups is 2. The lowest BCUT2D eigenvalue weighted by Gasteiger charge is -2.28. The van der Waals surface area contributed by atoms with Crippen LogP contribution >= 0.6 is 7.82 Å². The molecule has 0 radical (unpaired) electrons. The normalized spacial score (nSPS) is 13.6. The Balaban J connectivity index is 3.95. The number of likely N-dealkylation sites (N-methyl/N-ethyl adjacent to an activating group) is 1. The Morgan fingerprint density at radius 2 is 0.663 bits per heavy atom. The summed E-state index contributed by atoms with van der Waals surface area (Å²) < 4.78 is 34.3. The largest absolute Gasteiger partial charge is 0.756 e. The van der Waals surface area contributed by atoms with Crippen molar-refractivity contribution < 1.29 is 42.1 Å². The third-order valence-electron chi connectivity index (χ3n) is 15.9. The maximum atomic E-state index is 12.9. The van der Waals surface area contributed by atoms with Crippen LogP contribution < -0.4 is 4.89 Å². The average molecular weight is 1220 g/mol. The minimum Gasteiger partial charge on any atom is -0.756 e. The second-order valence-electron chi connectivity index (χ2n) is 25.6. The number of allylic oxidation sites excluding steroid dienone is 14. The number of quaternary nitrogens is 1. The van der Waals surface area contributed by atoms with E-state index in [2.05, 4.69) is 98.9 Å². The van der Waals surface area contributed by atoms with Crippen LogP contribution in [0.25, 0.3) is 0 Å². The number of unbranched alkanes of at least 4 members (excludes halogenated alkanes) is 39. The minimum atomic E-state index is -4.64. The van der Waals surface area contributed by atoms with Gasteiger partial charge < -0.3 is 27.9 Å². The Labute approximate surface area is 532 Å². The maximum absolute atomic E-state index is 12.9. The van der Waals surface area contributed by atoms with E-state index < -0.39 is 26.5 Å². The van der Waals surface area contributed by atoms with Crippen molar-refractivity contribution in [3.05, 3.63) is 85.1 Å². The first kappa shape index (κ1) is 83.2. The topological polar surface area (TPSA) is 111 Å². The average Bonchev–Trinajstić information content (AvgIpc) is 3.56. The number of esters is 2. The van der Waals surface area contributed by atoms with Gasteiger partial charge in [0.15, 0.2) is 6.10 Å². The third kappa shape index (κ3) is 70.3. The molecule has 0 amide bonds. The molecule has 0 N–H and O–H groups in total. The van der Waals surface area contributed by atoms with E-state index in [0.29, 0.717) is 17.4 Å². The highest BCUT2D eigenvalue weighted by Crippen LogP contribution is 2.38. The minimum absolute atomic E-state index is 0.0311. The van der Waals surface area contributed by atoms with Crippen molar-refractivity contribution >= 4 is 19.8 Å². The smallest absolute Gasteiger partial charge is 0.306 e. The molecule has 0 fully saturated rings. The van der Waals surface area contributed by atoms with Crippen LogP contribution in [0.2, 0.25) is 0 Å². The number of ether oxygens (including phenoxy) is 2. The molecule has 0 heterocycles. The van der Waals surface area contributed by atoms with Gasteiger partial charge in [0.05, 0.1) is 27.7 Å². The number of nitrogens with zero attached hydrogens (tertiary/aromatic N) is 1. The molecular formula is C76H138NO8P. The lowest BCUT2D eigenvalue weighted by molar-refractivity contribution is -0.870. The van der Waals surface area contributed by atoms with E-state index in [0.717, 1.165) is 77.0 Å². The number of hydrogen-bond acceptors (Lipinski definition) is 8. The van der Waals surface area contributed by atoms with Gasteiger partial charge in [-0.1, -0.05) is 317 Å². The molecule has 0 aliphatic carbocycles. The zero-order chi connectivity index (χ0) is 62.6. The predicted octanol–water partition coefficient (Wildman–Crippen LogP) is 23.1. The molecule has 0 rings (SSSR count). The highest BCUT2D eigenvalue weighted by Gasteiger charge is 2.22. The summed E-state index contributed by atoms with van der Waals surface area (Å²) in [4.78, 5) is 38.1. The van der Waals surface area contributed by atoms with Gasteiger partial charge in [0, 0.05) is 12.8 Å². The van der Waals surface area contributed by atoms with Crippen molar-refractivity contribution in [2.75, 3.05) is 47.5 Å². The Hall–Kier alpha value is -2.81.